The van der Waals surface area contributed by atoms with Gasteiger partial charge in [0.2, 0.25) is 11.6 Å². The van der Waals surface area contributed by atoms with E-state index in [2.05, 4.69) is 15.5 Å². The van der Waals surface area contributed by atoms with Gasteiger partial charge in [0.25, 0.3) is 5.91 Å². The van der Waals surface area contributed by atoms with Crippen LogP contribution in [0.3, 0.4) is 0 Å². The van der Waals surface area contributed by atoms with E-state index in [1.807, 2.05) is 0 Å². The number of benzene rings is 1. The van der Waals surface area contributed by atoms with E-state index < -0.39 is 16.7 Å². The number of nitrogens with zero attached hydrogens (tertiary/aromatic N) is 3. The van der Waals surface area contributed by atoms with E-state index in [4.69, 9.17) is 23.0 Å². The first-order valence-corrected chi connectivity index (χ1v) is 7.66. The summed E-state index contributed by atoms with van der Waals surface area (Å²) in [7, 11) is 4.39. The number of anilines is 1. The highest BCUT2D eigenvalue weighted by Crippen LogP contribution is 2.41. The SMILES string of the molecule is COc1cc(-c2nnc(NC(=O)c3ccc([N+](=O)[O-])o3)o2)cc(OC)c1OC. The van der Waals surface area contributed by atoms with Gasteiger partial charge in [-0.25, -0.2) is 0 Å². The number of nitrogens with one attached hydrogen (secondary N) is 1. The second-order valence-electron chi connectivity index (χ2n) is 5.18. The number of carbonyl (C=O) groups excluding carboxylic acids is 1. The van der Waals surface area contributed by atoms with Gasteiger partial charge in [-0.3, -0.25) is 20.2 Å². The van der Waals surface area contributed by atoms with Crippen molar-refractivity contribution in [1.29, 1.82) is 0 Å². The minimum absolute atomic E-state index is 0.0694. The molecule has 0 radical (unpaired) electrons. The van der Waals surface area contributed by atoms with Gasteiger partial charge >= 0.3 is 11.9 Å². The molecule has 0 unspecified atom stereocenters. The minimum atomic E-state index is -0.784. The van der Waals surface area contributed by atoms with Gasteiger partial charge in [-0.1, -0.05) is 5.10 Å². The van der Waals surface area contributed by atoms with Gasteiger partial charge in [0.15, 0.2) is 17.3 Å². The summed E-state index contributed by atoms with van der Waals surface area (Å²) in [5, 5.41) is 20.5. The van der Waals surface area contributed by atoms with Crippen molar-refractivity contribution >= 4 is 17.8 Å². The molecule has 3 aromatic rings. The van der Waals surface area contributed by atoms with E-state index in [1.54, 1.807) is 12.1 Å². The topological polar surface area (TPSA) is 152 Å². The minimum Gasteiger partial charge on any atom is -0.493 e. The maximum atomic E-state index is 12.1. The molecular formula is C16H14N4O8. The molecule has 2 heterocycles. The Bertz CT molecular complexity index is 1000. The van der Waals surface area contributed by atoms with Crippen LogP contribution in [0.25, 0.3) is 11.5 Å². The highest BCUT2D eigenvalue weighted by Gasteiger charge is 2.21. The van der Waals surface area contributed by atoms with Crippen LogP contribution in [0, 0.1) is 10.1 Å². The van der Waals surface area contributed by atoms with Gasteiger partial charge < -0.3 is 23.0 Å². The molecule has 0 aliphatic heterocycles. The third-order valence-corrected chi connectivity index (χ3v) is 3.55. The highest BCUT2D eigenvalue weighted by atomic mass is 16.6. The Morgan fingerprint density at radius 3 is 2.29 bits per heavy atom. The second kappa shape index (κ2) is 7.65. The summed E-state index contributed by atoms with van der Waals surface area (Å²) in [5.74, 6) is -0.408. The van der Waals surface area contributed by atoms with E-state index in [0.717, 1.165) is 12.1 Å². The fourth-order valence-corrected chi connectivity index (χ4v) is 2.30. The molecule has 1 aromatic carbocycles. The fraction of sp³-hybridized carbons (Fsp3) is 0.188. The van der Waals surface area contributed by atoms with E-state index in [9.17, 15) is 14.9 Å². The molecule has 146 valence electrons. The van der Waals surface area contributed by atoms with Crippen molar-refractivity contribution in [2.45, 2.75) is 0 Å². The zero-order valence-corrected chi connectivity index (χ0v) is 14.9. The van der Waals surface area contributed by atoms with Crippen LogP contribution in [-0.2, 0) is 0 Å². The van der Waals surface area contributed by atoms with Crippen molar-refractivity contribution in [3.05, 3.63) is 40.1 Å². The largest absolute Gasteiger partial charge is 0.493 e. The quantitative estimate of drug-likeness (QED) is 0.470. The summed E-state index contributed by atoms with van der Waals surface area (Å²) in [6.07, 6.45) is 0. The third-order valence-electron chi connectivity index (χ3n) is 3.55. The molecule has 12 heteroatoms. The summed E-state index contributed by atoms with van der Waals surface area (Å²) in [4.78, 5) is 21.9. The van der Waals surface area contributed by atoms with E-state index >= 15 is 0 Å². The maximum absolute atomic E-state index is 12.1. The van der Waals surface area contributed by atoms with Crippen LogP contribution >= 0.6 is 0 Å². The Kier molecular flexibility index (Phi) is 5.11. The van der Waals surface area contributed by atoms with Crippen LogP contribution in [0.15, 0.2) is 33.1 Å². The molecule has 28 heavy (non-hydrogen) atoms. The summed E-state index contributed by atoms with van der Waals surface area (Å²) in [6, 6.07) is 5.17. The van der Waals surface area contributed by atoms with Crippen molar-refractivity contribution in [3.63, 3.8) is 0 Å². The first-order chi connectivity index (χ1) is 13.5. The standard InChI is InChI=1S/C16H14N4O8/c1-24-10-6-8(7-11(25-2)13(10)26-3)15-18-19-16(28-15)17-14(21)9-4-5-12(27-9)20(22)23/h4-7H,1-3H3,(H,17,19,21). The number of ether oxygens (including phenoxy) is 3. The summed E-state index contributed by atoms with van der Waals surface area (Å²) < 4.78 is 26.0. The summed E-state index contributed by atoms with van der Waals surface area (Å²) in [5.41, 5.74) is 0.455. The number of hydrogen-bond donors (Lipinski definition) is 1. The molecule has 0 bridgehead atoms. The van der Waals surface area contributed by atoms with Crippen LogP contribution in [0.5, 0.6) is 17.2 Å². The van der Waals surface area contributed by atoms with Crippen molar-refractivity contribution in [2.24, 2.45) is 0 Å². The monoisotopic (exact) mass is 390 g/mol. The number of carbonyl (C=O) groups is 1. The number of rotatable bonds is 7. The molecule has 1 N–H and O–H groups in total. The lowest BCUT2D eigenvalue weighted by molar-refractivity contribution is -0.402. The van der Waals surface area contributed by atoms with Crippen LogP contribution in [0.1, 0.15) is 10.6 Å². The average molecular weight is 390 g/mol. The summed E-state index contributed by atoms with van der Waals surface area (Å²) >= 11 is 0. The Balaban J connectivity index is 1.83. The van der Waals surface area contributed by atoms with Crippen molar-refractivity contribution in [1.82, 2.24) is 10.2 Å². The molecule has 0 saturated heterocycles. The van der Waals surface area contributed by atoms with Crippen molar-refractivity contribution in [2.75, 3.05) is 26.6 Å². The molecule has 2 aromatic heterocycles. The lowest BCUT2D eigenvalue weighted by Crippen LogP contribution is -2.11. The predicted molar refractivity (Wildman–Crippen MR) is 92.7 cm³/mol. The second-order valence-corrected chi connectivity index (χ2v) is 5.18. The lowest BCUT2D eigenvalue weighted by Gasteiger charge is -2.12. The number of amides is 1. The van der Waals surface area contributed by atoms with Crippen LogP contribution in [0.4, 0.5) is 11.9 Å². The molecule has 0 aliphatic rings. The molecule has 0 saturated carbocycles. The van der Waals surface area contributed by atoms with Gasteiger partial charge in [-0.2, -0.15) is 0 Å². The van der Waals surface area contributed by atoms with E-state index in [1.165, 1.54) is 21.3 Å². The van der Waals surface area contributed by atoms with Gasteiger partial charge in [0.05, 0.1) is 27.4 Å². The average Bonchev–Trinajstić information content (AvgIpc) is 3.36. The zero-order chi connectivity index (χ0) is 20.3. The van der Waals surface area contributed by atoms with Crippen molar-refractivity contribution < 1.29 is 32.8 Å². The third kappa shape index (κ3) is 3.56. The normalized spacial score (nSPS) is 10.4. The van der Waals surface area contributed by atoms with E-state index in [-0.39, 0.29) is 17.7 Å². The van der Waals surface area contributed by atoms with Gasteiger partial charge in [0.1, 0.15) is 4.92 Å². The zero-order valence-electron chi connectivity index (χ0n) is 14.9. The molecule has 0 fully saturated rings. The molecule has 0 spiro atoms. The van der Waals surface area contributed by atoms with Crippen molar-refractivity contribution in [3.8, 4) is 28.7 Å². The highest BCUT2D eigenvalue weighted by molar-refractivity contribution is 6.01. The Morgan fingerprint density at radius 1 is 1.07 bits per heavy atom. The smallest absolute Gasteiger partial charge is 0.433 e. The molecule has 12 nitrogen and oxygen atoms in total. The maximum Gasteiger partial charge on any atom is 0.433 e. The Hall–Kier alpha value is -4.09. The number of aromatic nitrogens is 2. The van der Waals surface area contributed by atoms with Gasteiger partial charge in [-0.15, -0.1) is 5.10 Å². The molecule has 0 atom stereocenters. The van der Waals surface area contributed by atoms with E-state index in [0.29, 0.717) is 22.8 Å². The predicted octanol–water partition coefficient (Wildman–Crippen LogP) is 2.52. The van der Waals surface area contributed by atoms with Gasteiger partial charge in [0, 0.05) is 5.56 Å². The lowest BCUT2D eigenvalue weighted by atomic mass is 10.2. The number of hydrogen-bond acceptors (Lipinski definition) is 10. The first kappa shape index (κ1) is 18.7. The Morgan fingerprint density at radius 2 is 1.75 bits per heavy atom. The molecule has 1 amide bonds. The van der Waals surface area contributed by atoms with Crippen LogP contribution in [0.2, 0.25) is 0 Å². The first-order valence-electron chi connectivity index (χ1n) is 7.66. The van der Waals surface area contributed by atoms with Crippen LogP contribution in [-0.4, -0.2) is 42.4 Å². The fourth-order valence-electron chi connectivity index (χ4n) is 2.30. The molecular weight excluding hydrogens is 376 g/mol. The summed E-state index contributed by atoms with van der Waals surface area (Å²) in [6.45, 7) is 0. The number of methoxy groups -OCH3 is 3. The number of furan rings is 1. The Labute approximate surface area is 157 Å². The molecule has 0 aliphatic carbocycles. The van der Waals surface area contributed by atoms with Gasteiger partial charge in [-0.05, 0) is 18.2 Å². The number of nitro groups is 1. The van der Waals surface area contributed by atoms with Crippen LogP contribution < -0.4 is 19.5 Å². The molecule has 3 rings (SSSR count).